The molecule has 0 atom stereocenters. The lowest BCUT2D eigenvalue weighted by Crippen LogP contribution is -1.94. The van der Waals surface area contributed by atoms with Crippen molar-refractivity contribution in [3.63, 3.8) is 0 Å². The van der Waals surface area contributed by atoms with Crippen molar-refractivity contribution in [2.75, 3.05) is 0 Å². The van der Waals surface area contributed by atoms with Crippen LogP contribution in [0.15, 0.2) is 58.3 Å². The van der Waals surface area contributed by atoms with Crippen LogP contribution in [0.25, 0.3) is 0 Å². The number of aliphatic hydroxyl groups excluding tert-OH is 1. The maximum Gasteiger partial charge on any atom is 0.335 e. The lowest BCUT2D eigenvalue weighted by molar-refractivity contribution is -0.0425. The molecule has 0 spiro atoms. The third kappa shape index (κ3) is 4.01. The van der Waals surface area contributed by atoms with E-state index in [2.05, 4.69) is 0 Å². The van der Waals surface area contributed by atoms with Crippen LogP contribution < -0.4 is 0 Å². The normalized spacial score (nSPS) is 10.8. The molecular formula is C14H12O4S2. The highest BCUT2D eigenvalue weighted by molar-refractivity contribution is 8.76. The van der Waals surface area contributed by atoms with Crippen LogP contribution in [0.4, 0.5) is 0 Å². The monoisotopic (exact) mass is 308 g/mol. The molecule has 0 saturated carbocycles. The number of carboxylic acid groups (broad SMARTS) is 1. The molecule has 0 bridgehead atoms. The van der Waals surface area contributed by atoms with Crippen molar-refractivity contribution in [3.8, 4) is 0 Å². The van der Waals surface area contributed by atoms with E-state index in [0.717, 1.165) is 9.79 Å². The van der Waals surface area contributed by atoms with Gasteiger partial charge in [0.15, 0.2) is 6.29 Å². The number of benzene rings is 2. The van der Waals surface area contributed by atoms with Gasteiger partial charge in [0.05, 0.1) is 5.56 Å². The first-order chi connectivity index (χ1) is 9.56. The molecule has 6 heteroatoms. The van der Waals surface area contributed by atoms with Gasteiger partial charge in [-0.1, -0.05) is 33.7 Å². The third-order valence-electron chi connectivity index (χ3n) is 2.51. The summed E-state index contributed by atoms with van der Waals surface area (Å²) in [6, 6.07) is 13.6. The summed E-state index contributed by atoms with van der Waals surface area (Å²) in [4.78, 5) is 12.6. The van der Waals surface area contributed by atoms with Gasteiger partial charge in [-0.25, -0.2) is 4.79 Å². The van der Waals surface area contributed by atoms with E-state index in [0.29, 0.717) is 5.56 Å². The van der Waals surface area contributed by atoms with Crippen LogP contribution >= 0.6 is 21.6 Å². The zero-order valence-electron chi connectivity index (χ0n) is 10.3. The summed E-state index contributed by atoms with van der Waals surface area (Å²) in [5.41, 5.74) is 0.714. The second kappa shape index (κ2) is 6.81. The number of aromatic carboxylic acids is 1. The van der Waals surface area contributed by atoms with Crippen molar-refractivity contribution in [2.24, 2.45) is 0 Å². The first-order valence-corrected chi connectivity index (χ1v) is 7.85. The van der Waals surface area contributed by atoms with Gasteiger partial charge in [0.1, 0.15) is 0 Å². The molecule has 0 radical (unpaired) electrons. The van der Waals surface area contributed by atoms with Crippen molar-refractivity contribution in [2.45, 2.75) is 16.1 Å². The minimum atomic E-state index is -1.45. The summed E-state index contributed by atoms with van der Waals surface area (Å²) >= 11 is 0. The van der Waals surface area contributed by atoms with Crippen molar-refractivity contribution in [1.82, 2.24) is 0 Å². The van der Waals surface area contributed by atoms with Crippen LogP contribution in [0.3, 0.4) is 0 Å². The zero-order chi connectivity index (χ0) is 14.5. The van der Waals surface area contributed by atoms with Gasteiger partial charge in [-0.3, -0.25) is 0 Å². The van der Waals surface area contributed by atoms with Crippen LogP contribution in [0.2, 0.25) is 0 Å². The van der Waals surface area contributed by atoms with E-state index in [1.165, 1.54) is 21.6 Å². The highest BCUT2D eigenvalue weighted by Gasteiger charge is 2.04. The van der Waals surface area contributed by atoms with Crippen LogP contribution in [0, 0.1) is 0 Å². The Labute approximate surface area is 123 Å². The van der Waals surface area contributed by atoms with Crippen LogP contribution in [-0.2, 0) is 0 Å². The van der Waals surface area contributed by atoms with E-state index in [-0.39, 0.29) is 5.56 Å². The minimum Gasteiger partial charge on any atom is -0.478 e. The van der Waals surface area contributed by atoms with E-state index in [1.807, 2.05) is 0 Å². The first-order valence-electron chi connectivity index (χ1n) is 5.70. The van der Waals surface area contributed by atoms with Gasteiger partial charge in [-0.2, -0.15) is 0 Å². The predicted octanol–water partition coefficient (Wildman–Crippen LogP) is 3.17. The van der Waals surface area contributed by atoms with Crippen molar-refractivity contribution in [1.29, 1.82) is 0 Å². The molecule has 0 aliphatic heterocycles. The topological polar surface area (TPSA) is 77.8 Å². The molecule has 0 amide bonds. The van der Waals surface area contributed by atoms with Gasteiger partial charge in [-0.05, 0) is 36.4 Å². The Bertz CT molecular complexity index is 579. The molecule has 0 aliphatic carbocycles. The molecule has 104 valence electrons. The minimum absolute atomic E-state index is 0.264. The Morgan fingerprint density at radius 2 is 1.30 bits per heavy atom. The third-order valence-corrected chi connectivity index (χ3v) is 4.93. The fourth-order valence-corrected chi connectivity index (χ4v) is 3.38. The zero-order valence-corrected chi connectivity index (χ0v) is 11.9. The molecule has 2 rings (SSSR count). The number of carbonyl (C=O) groups is 1. The molecule has 0 unspecified atom stereocenters. The Morgan fingerprint density at radius 1 is 0.850 bits per heavy atom. The van der Waals surface area contributed by atoms with Gasteiger partial charge in [0.25, 0.3) is 0 Å². The summed E-state index contributed by atoms with van der Waals surface area (Å²) in [5, 5.41) is 26.8. The van der Waals surface area contributed by atoms with Gasteiger partial charge >= 0.3 is 5.97 Å². The Morgan fingerprint density at radius 3 is 1.70 bits per heavy atom. The summed E-state index contributed by atoms with van der Waals surface area (Å²) in [7, 11) is 3.02. The van der Waals surface area contributed by atoms with Crippen LogP contribution in [-0.4, -0.2) is 21.3 Å². The Balaban J connectivity index is 1.96. The van der Waals surface area contributed by atoms with Gasteiger partial charge in [0.2, 0.25) is 0 Å². The lowest BCUT2D eigenvalue weighted by atomic mass is 10.2. The maximum absolute atomic E-state index is 10.7. The molecule has 2 aromatic carbocycles. The van der Waals surface area contributed by atoms with Crippen molar-refractivity contribution in [3.05, 3.63) is 59.7 Å². The predicted molar refractivity (Wildman–Crippen MR) is 78.7 cm³/mol. The van der Waals surface area contributed by atoms with E-state index >= 15 is 0 Å². The summed E-state index contributed by atoms with van der Waals surface area (Å²) in [6.07, 6.45) is -1.45. The van der Waals surface area contributed by atoms with E-state index < -0.39 is 12.3 Å². The Hall–Kier alpha value is -1.47. The highest BCUT2D eigenvalue weighted by atomic mass is 33.1. The maximum atomic E-state index is 10.7. The van der Waals surface area contributed by atoms with Crippen molar-refractivity contribution < 1.29 is 20.1 Å². The molecule has 4 nitrogen and oxygen atoms in total. The number of hydrogen-bond donors (Lipinski definition) is 3. The van der Waals surface area contributed by atoms with Gasteiger partial charge < -0.3 is 15.3 Å². The number of aliphatic hydroxyl groups is 2. The van der Waals surface area contributed by atoms with Crippen LogP contribution in [0.1, 0.15) is 22.2 Å². The molecule has 0 aliphatic rings. The molecular weight excluding hydrogens is 296 g/mol. The molecule has 0 fully saturated rings. The average molecular weight is 308 g/mol. The standard InChI is InChI=1S/C14H12O4S2/c15-13(16)9-1-5-11(6-2-9)19-20-12-7-3-10(4-8-12)14(17)18/h1-8,13,15-16H,(H,17,18). The SMILES string of the molecule is O=C(O)c1ccc(SSc2ccc(C(O)O)cc2)cc1. The second-order valence-corrected chi connectivity index (χ2v) is 6.22. The fourth-order valence-electron chi connectivity index (χ4n) is 1.44. The molecule has 0 saturated heterocycles. The molecule has 2 aromatic rings. The Kier molecular flexibility index (Phi) is 5.08. The lowest BCUT2D eigenvalue weighted by Gasteiger charge is -2.05. The molecule has 3 N–H and O–H groups in total. The number of hydrogen-bond acceptors (Lipinski definition) is 5. The average Bonchev–Trinajstić information content (AvgIpc) is 2.46. The van der Waals surface area contributed by atoms with E-state index in [4.69, 9.17) is 15.3 Å². The first kappa shape index (κ1) is 14.9. The van der Waals surface area contributed by atoms with Gasteiger partial charge in [0, 0.05) is 15.4 Å². The molecule has 20 heavy (non-hydrogen) atoms. The smallest absolute Gasteiger partial charge is 0.335 e. The highest BCUT2D eigenvalue weighted by Crippen LogP contribution is 2.37. The van der Waals surface area contributed by atoms with Crippen LogP contribution in [0.5, 0.6) is 0 Å². The summed E-state index contributed by atoms with van der Waals surface area (Å²) < 4.78 is 0. The number of rotatable bonds is 5. The fraction of sp³-hybridized carbons (Fsp3) is 0.0714. The summed E-state index contributed by atoms with van der Waals surface area (Å²) in [5.74, 6) is -0.938. The number of carboxylic acids is 1. The van der Waals surface area contributed by atoms with E-state index in [9.17, 15) is 4.79 Å². The van der Waals surface area contributed by atoms with Crippen molar-refractivity contribution >= 4 is 27.6 Å². The second-order valence-electron chi connectivity index (χ2n) is 3.94. The molecule has 0 aromatic heterocycles. The summed E-state index contributed by atoms with van der Waals surface area (Å²) in [6.45, 7) is 0. The largest absolute Gasteiger partial charge is 0.478 e. The molecule has 0 heterocycles. The quantitative estimate of drug-likeness (QED) is 0.582. The van der Waals surface area contributed by atoms with E-state index in [1.54, 1.807) is 48.5 Å². The van der Waals surface area contributed by atoms with Gasteiger partial charge in [-0.15, -0.1) is 0 Å².